The zero-order valence-corrected chi connectivity index (χ0v) is 44.7. The summed E-state index contributed by atoms with van der Waals surface area (Å²) in [5, 5.41) is 74.0. The lowest BCUT2D eigenvalue weighted by Crippen LogP contribution is -2.53. The van der Waals surface area contributed by atoms with Gasteiger partial charge in [-0.25, -0.2) is 14.4 Å². The lowest BCUT2D eigenvalue weighted by molar-refractivity contribution is -0.142. The molecule has 10 N–H and O–H groups in total. The molecule has 0 bridgehead atoms. The highest BCUT2D eigenvalue weighted by molar-refractivity contribution is 5.86. The number of amides is 2. The van der Waals surface area contributed by atoms with Gasteiger partial charge in [0.25, 0.3) is 0 Å². The minimum absolute atomic E-state index is 0.0255. The Hall–Kier alpha value is -7.10. The van der Waals surface area contributed by atoms with Crippen LogP contribution in [0, 0.1) is 0 Å². The molecule has 3 atom stereocenters. The Labute approximate surface area is 453 Å². The van der Waals surface area contributed by atoms with Gasteiger partial charge in [-0.05, 0) is 49.7 Å². The highest BCUT2D eigenvalue weighted by Crippen LogP contribution is 2.18. The Balaban J connectivity index is 1.48. The molecule has 1 aliphatic heterocycles. The first-order valence-electron chi connectivity index (χ1n) is 26.3. The molecule has 0 aliphatic carbocycles. The van der Waals surface area contributed by atoms with E-state index >= 15 is 0 Å². The van der Waals surface area contributed by atoms with Crippen LogP contribution < -0.4 is 20.9 Å². The van der Waals surface area contributed by atoms with Gasteiger partial charge in [-0.1, -0.05) is 62.8 Å². The smallest absolute Gasteiger partial charge is 0.326 e. The molecule has 434 valence electrons. The zero-order chi connectivity index (χ0) is 57.6. The maximum Gasteiger partial charge on any atom is 0.326 e. The third-order valence-corrected chi connectivity index (χ3v) is 13.0. The lowest BCUT2D eigenvalue weighted by Gasteiger charge is -2.37. The molecule has 27 heteroatoms. The van der Waals surface area contributed by atoms with Gasteiger partial charge < -0.3 is 56.6 Å². The number of anilines is 2. The third kappa shape index (κ3) is 27.8. The van der Waals surface area contributed by atoms with E-state index in [1.165, 1.54) is 0 Å². The number of unbranched alkanes of at least 4 members (excludes halogenated alkanes) is 7. The van der Waals surface area contributed by atoms with E-state index < -0.39 is 72.4 Å². The van der Waals surface area contributed by atoms with Crippen LogP contribution >= 0.6 is 0 Å². The Morgan fingerprint density at radius 2 is 1.04 bits per heavy atom. The van der Waals surface area contributed by atoms with Gasteiger partial charge in [0.05, 0.1) is 26.2 Å². The zero-order valence-electron chi connectivity index (χ0n) is 44.7. The van der Waals surface area contributed by atoms with Crippen LogP contribution in [0.2, 0.25) is 0 Å². The second-order valence-electron chi connectivity index (χ2n) is 19.7. The van der Waals surface area contributed by atoms with Crippen molar-refractivity contribution < 1.29 is 78.9 Å². The summed E-state index contributed by atoms with van der Waals surface area (Å²) in [6.07, 6.45) is 7.79. The standard InChI is InChI=1S/C51H79N11O16/c1-58(2)50-56-41(55-49(57-50)52-21-11-7-5-3-4-6-8-12-38(63)13-9-10-14-39(47(74)75)53-51(78)54-40(48(76)77)19-20-42(64)65)29-36-17-15-35(16-18-36)28-37-30-61(33-45(70)71)25-24-59(31-43(66)67)22-23-60(32-44(68)69)26-27-62(37)34-46(72)73/h15-18,37,39-40H,3-14,19-34H2,1-2H3,(H,64,65)(H,66,67)(H,68,69)(H,70,71)(H,72,73)(H,74,75)(H,76,77)(H2,53,54,78)(H,52,55,56,57)/t37?,39-,40-/m0/s1. The van der Waals surface area contributed by atoms with E-state index in [4.69, 9.17) is 10.1 Å². The first-order valence-corrected chi connectivity index (χ1v) is 26.3. The Morgan fingerprint density at radius 3 is 1.58 bits per heavy atom. The van der Waals surface area contributed by atoms with Crippen molar-refractivity contribution in [2.75, 3.05) is 103 Å². The van der Waals surface area contributed by atoms with E-state index in [-0.39, 0.29) is 97.0 Å². The normalized spacial score (nSPS) is 15.9. The summed E-state index contributed by atoms with van der Waals surface area (Å²) < 4.78 is 0. The number of hydrogen-bond acceptors (Lipinski definition) is 18. The second-order valence-corrected chi connectivity index (χ2v) is 19.7. The number of urea groups is 1. The average molecular weight is 1100 g/mol. The van der Waals surface area contributed by atoms with Crippen LogP contribution in [-0.2, 0) is 51.2 Å². The molecule has 0 spiro atoms. The molecule has 1 fully saturated rings. The van der Waals surface area contributed by atoms with Crippen molar-refractivity contribution in [3.05, 3.63) is 41.2 Å². The van der Waals surface area contributed by atoms with Crippen LogP contribution in [0.5, 0.6) is 0 Å². The molecule has 3 rings (SSSR count). The average Bonchev–Trinajstić information content (AvgIpc) is 3.37. The minimum Gasteiger partial charge on any atom is -0.481 e. The van der Waals surface area contributed by atoms with Crippen molar-refractivity contribution in [2.45, 2.75) is 121 Å². The van der Waals surface area contributed by atoms with Gasteiger partial charge in [-0.15, -0.1) is 0 Å². The number of aliphatic carboxylic acids is 7. The predicted molar refractivity (Wildman–Crippen MR) is 283 cm³/mol. The number of carboxylic acids is 7. The molecule has 27 nitrogen and oxygen atoms in total. The Morgan fingerprint density at radius 1 is 0.551 bits per heavy atom. The molecule has 1 saturated heterocycles. The number of carboxylic acid groups (broad SMARTS) is 7. The van der Waals surface area contributed by atoms with Crippen molar-refractivity contribution in [3.8, 4) is 0 Å². The van der Waals surface area contributed by atoms with Gasteiger partial charge in [0.15, 0.2) is 0 Å². The van der Waals surface area contributed by atoms with Gasteiger partial charge in [0.2, 0.25) is 11.9 Å². The quantitative estimate of drug-likeness (QED) is 0.0434. The van der Waals surface area contributed by atoms with Gasteiger partial charge in [0, 0.05) is 98.2 Å². The van der Waals surface area contributed by atoms with Crippen LogP contribution in [0.25, 0.3) is 0 Å². The summed E-state index contributed by atoms with van der Waals surface area (Å²) in [6, 6.07) is 3.34. The maximum absolute atomic E-state index is 12.5. The van der Waals surface area contributed by atoms with Crippen LogP contribution in [0.1, 0.15) is 107 Å². The molecule has 78 heavy (non-hydrogen) atoms. The molecule has 2 heterocycles. The topological polar surface area (TPSA) is 386 Å². The molecule has 1 unspecified atom stereocenters. The number of carbonyl (C=O) groups excluding carboxylic acids is 2. The van der Waals surface area contributed by atoms with E-state index in [0.29, 0.717) is 56.4 Å². The number of aromatic nitrogens is 3. The predicted octanol–water partition coefficient (Wildman–Crippen LogP) is 1.73. The van der Waals surface area contributed by atoms with Crippen LogP contribution in [0.4, 0.5) is 16.7 Å². The Kier molecular flexibility index (Phi) is 29.5. The number of nitrogens with one attached hydrogen (secondary N) is 3. The van der Waals surface area contributed by atoms with Gasteiger partial charge >= 0.3 is 47.8 Å². The lowest BCUT2D eigenvalue weighted by atomic mass is 10.0. The number of nitrogens with zero attached hydrogens (tertiary/aromatic N) is 8. The monoisotopic (exact) mass is 1100 g/mol. The molecule has 1 aromatic carbocycles. The summed E-state index contributed by atoms with van der Waals surface area (Å²) in [5.74, 6) is -6.81. The molecule has 1 aromatic heterocycles. The van der Waals surface area contributed by atoms with E-state index in [1.54, 1.807) is 24.5 Å². The largest absolute Gasteiger partial charge is 0.481 e. The fourth-order valence-corrected chi connectivity index (χ4v) is 8.84. The maximum atomic E-state index is 12.5. The minimum atomic E-state index is -1.50. The number of ketones is 1. The summed E-state index contributed by atoms with van der Waals surface area (Å²) in [5.41, 5.74) is 1.75. The highest BCUT2D eigenvalue weighted by atomic mass is 16.4. The van der Waals surface area contributed by atoms with Crippen LogP contribution in [0.15, 0.2) is 24.3 Å². The second kappa shape index (κ2) is 35.3. The van der Waals surface area contributed by atoms with Crippen LogP contribution in [-0.4, -0.2) is 235 Å². The summed E-state index contributed by atoms with van der Waals surface area (Å²) in [6.45, 7) is 0.621. The van der Waals surface area contributed by atoms with Gasteiger partial charge in [0.1, 0.15) is 23.7 Å². The molecular weight excluding hydrogens is 1020 g/mol. The van der Waals surface area contributed by atoms with E-state index in [2.05, 4.69) is 25.9 Å². The first-order chi connectivity index (χ1) is 37.1. The van der Waals surface area contributed by atoms with Gasteiger partial charge in [-0.3, -0.25) is 48.4 Å². The molecular formula is C51H79N11O16. The summed E-state index contributed by atoms with van der Waals surface area (Å²) in [4.78, 5) is 128. The number of Topliss-reactive ketones (excluding diaryl/α,β-unsaturated/α-hetero) is 1. The van der Waals surface area contributed by atoms with Crippen LogP contribution in [0.3, 0.4) is 0 Å². The summed E-state index contributed by atoms with van der Waals surface area (Å²) >= 11 is 0. The number of rotatable bonds is 36. The third-order valence-electron chi connectivity index (χ3n) is 13.0. The van der Waals surface area contributed by atoms with Crippen molar-refractivity contribution in [2.24, 2.45) is 0 Å². The number of benzene rings is 1. The van der Waals surface area contributed by atoms with Crippen molar-refractivity contribution in [3.63, 3.8) is 0 Å². The molecule has 0 saturated carbocycles. The van der Waals surface area contributed by atoms with E-state index in [0.717, 1.165) is 56.1 Å². The molecule has 2 amide bonds. The summed E-state index contributed by atoms with van der Waals surface area (Å²) in [7, 11) is 3.67. The molecule has 0 radical (unpaired) electrons. The Bertz CT molecular complexity index is 2270. The number of carbonyl (C=O) groups is 9. The van der Waals surface area contributed by atoms with Gasteiger partial charge in [-0.2, -0.15) is 15.0 Å². The van der Waals surface area contributed by atoms with E-state index in [9.17, 15) is 73.8 Å². The van der Waals surface area contributed by atoms with E-state index in [1.807, 2.05) is 38.4 Å². The van der Waals surface area contributed by atoms with Crippen molar-refractivity contribution in [1.29, 1.82) is 0 Å². The number of hydrogen-bond donors (Lipinski definition) is 10. The van der Waals surface area contributed by atoms with Crippen molar-refractivity contribution in [1.82, 2.24) is 45.2 Å². The first kappa shape index (κ1) is 65.2. The SMILES string of the molecule is CN(C)c1nc(Cc2ccc(CC3CN(CC(=O)O)CCN(CC(=O)O)CCN(CC(=O)O)CCN3CC(=O)O)cc2)nc(NCCCCCCCCCC(=O)CCCC[C@H](NC(=O)N[C@@H](CCC(=O)O)C(=O)O)C(=O)O)n1. The fraction of sp³-hybridized carbons (Fsp3) is 0.647. The van der Waals surface area contributed by atoms with Crippen molar-refractivity contribution >= 4 is 65.5 Å². The molecule has 1 aliphatic rings. The highest BCUT2D eigenvalue weighted by Gasteiger charge is 2.29. The molecule has 2 aromatic rings. The fourth-order valence-electron chi connectivity index (χ4n) is 8.84.